The fourth-order valence-corrected chi connectivity index (χ4v) is 11.3. The molecule has 8 rings (SSSR count). The number of primary sulfonamides is 3. The number of rotatable bonds is 37. The Kier molecular flexibility index (Phi) is 85.6. The monoisotopic (exact) mass is 2120 g/mol. The van der Waals surface area contributed by atoms with Crippen molar-refractivity contribution in [2.75, 3.05) is 149 Å². The van der Waals surface area contributed by atoms with Crippen molar-refractivity contribution in [3.05, 3.63) is 251 Å². The van der Waals surface area contributed by atoms with Crippen LogP contribution < -0.4 is 55.8 Å². The molecule has 128 heavy (non-hydrogen) atoms. The van der Waals surface area contributed by atoms with E-state index in [9.17, 15) is 89.1 Å². The average Bonchev–Trinajstić information content (AvgIpc) is 0.908. The maximum Gasteiger partial charge on any atom is 1.00 e. The van der Waals surface area contributed by atoms with Crippen LogP contribution in [0.25, 0.3) is 0 Å². The van der Waals surface area contributed by atoms with Crippen LogP contribution in [0.4, 0.5) is 0 Å². The third kappa shape index (κ3) is 116. The number of aliphatic hydroxyl groups is 3. The molecule has 7 aromatic carbocycles. The van der Waals surface area contributed by atoms with E-state index in [1.54, 1.807) is 0 Å². The fourth-order valence-electron chi connectivity index (χ4n) is 7.14. The van der Waals surface area contributed by atoms with Crippen molar-refractivity contribution in [1.82, 2.24) is 10.9 Å². The van der Waals surface area contributed by atoms with Gasteiger partial charge in [-0.2, -0.15) is 0 Å². The molecule has 0 radical (unpaired) electrons. The van der Waals surface area contributed by atoms with Crippen LogP contribution in [0.3, 0.4) is 0 Å². The van der Waals surface area contributed by atoms with Crippen LogP contribution in [0.15, 0.2) is 212 Å². The summed E-state index contributed by atoms with van der Waals surface area (Å²) in [5.74, 6) is 2.70. The van der Waals surface area contributed by atoms with Gasteiger partial charge in [-0.25, -0.2) is 100 Å². The van der Waals surface area contributed by atoms with Crippen molar-refractivity contribution >= 4 is 157 Å². The minimum Gasteiger partial charge on any atom is -0.748 e. The largest absolute Gasteiger partial charge is 1.00 e. The Morgan fingerprint density at radius 3 is 0.734 bits per heavy atom. The molecule has 1 fully saturated rings. The standard InChI is InChI=1S/2C10H14O3S.C9H11ClO3S.C9H13NO3S.2C9H12O4S.C7H7Cl.C4H9NO2S.C3H8O3S.2C2H7NO3S.CH4.Cl2OS.H3N.Na/c2*1-14(11,12)8-7-13-9-10-5-3-2-4-6-10;4*10-14(11,12)7-6-13-8-9-4-2-1-3-5-9;8-6-7-4-2-1-3-5-7;1-8(6)3-2-7-4-5-8;1-7(5,6)3-2-4;2*3-7(5,6)2-1-4;;1-4(2)3;;/h2*2-6H,7-9H2,1H3;1-5H,6-8H2;1-5H,6-8H2,(H2,10,11,12);2*1-5H,6-8H2,(H,10,11,12);1-5H,6H2;1-4H2,(H,5,6);4H,2-3H2,1H3;2*4H,1-2H2,(H2,3,5,6);1H4;;1H3;/q;;;;;;;;;;;;;;+1/p-2. The second-order valence-electron chi connectivity index (χ2n) is 24.7. The van der Waals surface area contributed by atoms with Gasteiger partial charge in [0.1, 0.15) is 36.2 Å². The molecule has 1 unspecified atom stereocenters. The predicted octanol–water partition coefficient (Wildman–Crippen LogP) is 2.28. The van der Waals surface area contributed by atoms with Crippen LogP contribution in [0, 0.1) is 0 Å². The van der Waals surface area contributed by atoms with Gasteiger partial charge in [-0.05, 0) is 44.8 Å². The number of halogens is 4. The van der Waals surface area contributed by atoms with Crippen molar-refractivity contribution in [2.45, 2.75) is 52.9 Å². The van der Waals surface area contributed by atoms with Gasteiger partial charge in [0.05, 0.1) is 183 Å². The molecular formula is C75H119Cl4N5NaO32S11-. The van der Waals surface area contributed by atoms with Gasteiger partial charge in [0.25, 0.3) is 0 Å². The van der Waals surface area contributed by atoms with Crippen LogP contribution in [0.5, 0.6) is 0 Å². The smallest absolute Gasteiger partial charge is 0.748 e. The Hall–Kier alpha value is -4.26. The first-order valence-electron chi connectivity index (χ1n) is 35.9. The Balaban J connectivity index is -0.000000252. The summed E-state index contributed by atoms with van der Waals surface area (Å²) in [4.78, 5) is 0. The van der Waals surface area contributed by atoms with E-state index >= 15 is 0 Å². The minimum absolute atomic E-state index is 0. The number of ether oxygens (including phenoxy) is 7. The van der Waals surface area contributed by atoms with E-state index in [1.807, 2.05) is 212 Å². The molecule has 0 amide bonds. The van der Waals surface area contributed by atoms with Gasteiger partial charge in [0.15, 0.2) is 0 Å². The minimum atomic E-state index is -4.15. The summed E-state index contributed by atoms with van der Waals surface area (Å²) in [6.45, 7) is 2.94. The van der Waals surface area contributed by atoms with Crippen molar-refractivity contribution in [2.24, 2.45) is 15.4 Å². The van der Waals surface area contributed by atoms with E-state index in [-0.39, 0.29) is 130 Å². The van der Waals surface area contributed by atoms with Gasteiger partial charge in [-0.3, -0.25) is 4.21 Å². The van der Waals surface area contributed by atoms with E-state index < -0.39 is 133 Å². The molecule has 7 aromatic rings. The number of sulfonamides is 3. The van der Waals surface area contributed by atoms with E-state index in [0.29, 0.717) is 64.6 Å². The van der Waals surface area contributed by atoms with Crippen molar-refractivity contribution in [3.8, 4) is 0 Å². The van der Waals surface area contributed by atoms with Crippen LogP contribution >= 0.6 is 43.6 Å². The number of sulfone groups is 3. The molecule has 1 aliphatic rings. The second-order valence-corrected chi connectivity index (χ2v) is 47.7. The van der Waals surface area contributed by atoms with Crippen molar-refractivity contribution in [3.63, 3.8) is 0 Å². The number of hydrogen-bond acceptors (Lipinski definition) is 33. The first-order chi connectivity index (χ1) is 58.0. The van der Waals surface area contributed by atoms with Gasteiger partial charge in [-0.15, -0.1) is 11.6 Å². The van der Waals surface area contributed by atoms with Crippen LogP contribution in [0.2, 0.25) is 0 Å². The molecule has 732 valence electrons. The molecule has 53 heteroatoms. The van der Waals surface area contributed by atoms with Gasteiger partial charge in [0.2, 0.25) is 48.3 Å². The first-order valence-corrected chi connectivity index (χ1v) is 58.1. The molecule has 1 saturated heterocycles. The van der Waals surface area contributed by atoms with Gasteiger partial charge >= 0.3 is 29.6 Å². The summed E-state index contributed by atoms with van der Waals surface area (Å²) in [7, 11) is -20.3. The van der Waals surface area contributed by atoms with Crippen molar-refractivity contribution < 1.29 is 171 Å². The summed E-state index contributed by atoms with van der Waals surface area (Å²) in [5.41, 5.74) is 7.23. The zero-order chi connectivity index (χ0) is 95.8. The third-order valence-corrected chi connectivity index (χ3v) is 22.2. The Bertz CT molecular complexity index is 4450. The molecule has 0 aromatic heterocycles. The number of hydrogen-bond donors (Lipinski definition) is 8. The number of aliphatic hydroxyl groups excluding tert-OH is 3. The summed E-state index contributed by atoms with van der Waals surface area (Å²) in [5, 5.41) is 37.6. The van der Waals surface area contributed by atoms with E-state index in [4.69, 9.17) is 80.1 Å². The summed E-state index contributed by atoms with van der Waals surface area (Å²) in [6, 6.07) is 67.1. The topological polar surface area (TPSA) is 638 Å². The first kappa shape index (κ1) is 137. The SMILES string of the molecule is C.C=S1(=O)CCOCN1.CS(=O)(=O)CCO.CS(=O)(=O)CCOCc1ccccc1.CS(=O)(=O)CCOCc1ccccc1.ClCc1ccccc1.N.NS(=O)(=O)CCO.NS(=O)(=O)CCO.NS(=O)(=O)CCOCc1ccccc1.O=S(=O)(Cl)CCOCc1ccccc1.O=S(=O)([O-])CCOCc1ccccc1.O=S(=O)([O-])CCOCc1ccccc1.O=S(Cl)Cl.[Na+]. The molecule has 13 N–H and O–H groups in total. The zero-order valence-electron chi connectivity index (χ0n) is 70.3. The van der Waals surface area contributed by atoms with Crippen LogP contribution in [0.1, 0.15) is 46.4 Å². The molecule has 1 atom stereocenters. The molecule has 37 nitrogen and oxygen atoms in total. The molecule has 0 aliphatic carbocycles. The summed E-state index contributed by atoms with van der Waals surface area (Å²) >= 11 is 5.53. The third-order valence-electron chi connectivity index (χ3n) is 13.0. The van der Waals surface area contributed by atoms with E-state index in [0.717, 1.165) is 39.6 Å². The van der Waals surface area contributed by atoms with Gasteiger partial charge < -0.3 is 63.7 Å². The Labute approximate surface area is 800 Å². The molecule has 1 aliphatic heterocycles. The maximum absolute atomic E-state index is 10.9. The van der Waals surface area contributed by atoms with E-state index in [2.05, 4.69) is 42.2 Å². The number of alkyl halides is 1. The molecule has 0 bridgehead atoms. The van der Waals surface area contributed by atoms with Gasteiger partial charge in [0, 0.05) is 66.4 Å². The zero-order valence-corrected chi connectivity index (χ0v) is 84.3. The number of nitrogens with two attached hydrogens (primary N) is 3. The average molecular weight is 2120 g/mol. The van der Waals surface area contributed by atoms with E-state index in [1.165, 1.54) is 18.1 Å². The Morgan fingerprint density at radius 1 is 0.398 bits per heavy atom. The fraction of sp³-hybridized carbons (Fsp3) is 0.427. The maximum atomic E-state index is 10.9. The van der Waals surface area contributed by atoms with Crippen molar-refractivity contribution in [1.29, 1.82) is 0 Å². The molecular weight excluding hydrogens is 2000 g/mol. The van der Waals surface area contributed by atoms with Gasteiger partial charge in [-0.1, -0.05) is 220 Å². The Morgan fingerprint density at radius 2 is 0.602 bits per heavy atom. The molecule has 0 spiro atoms. The summed E-state index contributed by atoms with van der Waals surface area (Å²) < 4.78 is 264. The number of nitrogens with one attached hydrogen (secondary N) is 1. The summed E-state index contributed by atoms with van der Waals surface area (Å²) in [6.07, 6.45) is 3.50. The second kappa shape index (κ2) is 80.1. The molecule has 0 saturated carbocycles. The van der Waals surface area contributed by atoms with Crippen LogP contribution in [-0.2, 0) is 186 Å². The quantitative estimate of drug-likeness (QED) is 0.00691. The predicted molar refractivity (Wildman–Crippen MR) is 501 cm³/mol. The van der Waals surface area contributed by atoms with Crippen LogP contribution in [-0.4, -0.2) is 264 Å². The normalized spacial score (nSPS) is 12.8. The number of benzene rings is 7. The molecule has 1 heterocycles.